The first kappa shape index (κ1) is 19.4. The van der Waals surface area contributed by atoms with Crippen LogP contribution in [0.15, 0.2) is 36.2 Å². The van der Waals surface area contributed by atoms with Crippen LogP contribution in [0.1, 0.15) is 32.3 Å². The number of halogens is 1. The maximum Gasteiger partial charge on any atom is 0.325 e. The number of pyridine rings is 1. The van der Waals surface area contributed by atoms with Gasteiger partial charge in [-0.2, -0.15) is 0 Å². The molecule has 1 unspecified atom stereocenters. The Labute approximate surface area is 154 Å². The van der Waals surface area contributed by atoms with Gasteiger partial charge >= 0.3 is 6.03 Å². The second-order valence-electron chi connectivity index (χ2n) is 6.70. The number of carbonyl (C=O) groups excluding carboxylic acids is 2. The highest BCUT2D eigenvalue weighted by Crippen LogP contribution is 2.40. The van der Waals surface area contributed by atoms with E-state index < -0.39 is 5.54 Å². The van der Waals surface area contributed by atoms with Crippen LogP contribution in [0.25, 0.3) is 0 Å². The van der Waals surface area contributed by atoms with Gasteiger partial charge in [-0.25, -0.2) is 4.79 Å². The van der Waals surface area contributed by atoms with Crippen molar-refractivity contribution in [3.05, 3.63) is 41.7 Å². The maximum atomic E-state index is 13.3. The van der Waals surface area contributed by atoms with Crippen LogP contribution < -0.4 is 10.6 Å². The Morgan fingerprint density at radius 2 is 2.08 bits per heavy atom. The van der Waals surface area contributed by atoms with Crippen molar-refractivity contribution in [2.45, 2.75) is 32.2 Å². The lowest BCUT2D eigenvalue weighted by Gasteiger charge is -2.37. The van der Waals surface area contributed by atoms with E-state index in [0.717, 1.165) is 37.1 Å². The zero-order chi connectivity index (χ0) is 17.2. The Morgan fingerprint density at radius 1 is 1.36 bits per heavy atom. The van der Waals surface area contributed by atoms with Crippen LogP contribution in [-0.4, -0.2) is 41.5 Å². The molecule has 0 spiro atoms. The van der Waals surface area contributed by atoms with Gasteiger partial charge in [0.1, 0.15) is 0 Å². The van der Waals surface area contributed by atoms with E-state index in [1.165, 1.54) is 4.90 Å². The summed E-state index contributed by atoms with van der Waals surface area (Å²) in [7, 11) is 0. The molecule has 7 heteroatoms. The van der Waals surface area contributed by atoms with Crippen LogP contribution in [0.4, 0.5) is 4.79 Å². The van der Waals surface area contributed by atoms with Crippen LogP contribution in [0.2, 0.25) is 0 Å². The number of hydrogen-bond donors (Lipinski definition) is 2. The molecule has 2 aliphatic heterocycles. The summed E-state index contributed by atoms with van der Waals surface area (Å²) in [5, 5.41) is 6.34. The van der Waals surface area contributed by atoms with Gasteiger partial charge in [0.25, 0.3) is 5.91 Å². The summed E-state index contributed by atoms with van der Waals surface area (Å²) < 4.78 is 0. The molecule has 0 saturated carbocycles. The molecule has 1 atom stereocenters. The van der Waals surface area contributed by atoms with Gasteiger partial charge in [0, 0.05) is 24.5 Å². The van der Waals surface area contributed by atoms with Crippen molar-refractivity contribution in [3.63, 3.8) is 0 Å². The van der Waals surface area contributed by atoms with E-state index in [2.05, 4.69) is 15.6 Å². The van der Waals surface area contributed by atoms with Crippen molar-refractivity contribution in [1.29, 1.82) is 0 Å². The lowest BCUT2D eigenvalue weighted by Crippen LogP contribution is -2.53. The Bertz CT molecular complexity index is 654. The molecule has 0 aliphatic carbocycles. The van der Waals surface area contributed by atoms with Gasteiger partial charge in [-0.05, 0) is 51.8 Å². The molecule has 25 heavy (non-hydrogen) atoms. The molecule has 0 radical (unpaired) electrons. The topological polar surface area (TPSA) is 74.3 Å². The van der Waals surface area contributed by atoms with Crippen LogP contribution in [-0.2, 0) is 10.3 Å². The van der Waals surface area contributed by atoms with Crippen molar-refractivity contribution in [1.82, 2.24) is 20.5 Å². The van der Waals surface area contributed by atoms with Gasteiger partial charge in [-0.3, -0.25) is 14.7 Å². The van der Waals surface area contributed by atoms with Crippen molar-refractivity contribution >= 4 is 24.3 Å². The third kappa shape index (κ3) is 3.55. The Kier molecular flexibility index (Phi) is 6.19. The number of carbonyl (C=O) groups is 2. The summed E-state index contributed by atoms with van der Waals surface area (Å²) in [5.74, 6) is -0.0963. The first-order valence-electron chi connectivity index (χ1n) is 8.44. The number of allylic oxidation sites excluding steroid dienone is 1. The fourth-order valence-corrected chi connectivity index (χ4v) is 3.59. The predicted molar refractivity (Wildman–Crippen MR) is 98.4 cm³/mol. The van der Waals surface area contributed by atoms with E-state index in [1.54, 1.807) is 12.4 Å². The Hall–Kier alpha value is -1.92. The molecule has 2 fully saturated rings. The first-order valence-corrected chi connectivity index (χ1v) is 8.44. The van der Waals surface area contributed by atoms with E-state index in [1.807, 2.05) is 32.1 Å². The van der Waals surface area contributed by atoms with Gasteiger partial charge in [0.15, 0.2) is 5.54 Å². The minimum atomic E-state index is -0.997. The van der Waals surface area contributed by atoms with Gasteiger partial charge in [0.2, 0.25) is 0 Å². The molecule has 1 aromatic heterocycles. The third-order valence-electron chi connectivity index (χ3n) is 4.88. The number of piperidine rings is 1. The molecule has 2 saturated heterocycles. The van der Waals surface area contributed by atoms with E-state index in [4.69, 9.17) is 0 Å². The summed E-state index contributed by atoms with van der Waals surface area (Å²) >= 11 is 0. The highest BCUT2D eigenvalue weighted by atomic mass is 35.5. The average molecular weight is 365 g/mol. The molecule has 6 nitrogen and oxygen atoms in total. The predicted octanol–water partition coefficient (Wildman–Crippen LogP) is 2.22. The van der Waals surface area contributed by atoms with Crippen LogP contribution in [0, 0.1) is 5.92 Å². The SMILES string of the molecule is CC(C)=CCN1C(=O)NC(c2cccnc2)(C2CCNCC2)C1=O.Cl. The lowest BCUT2D eigenvalue weighted by molar-refractivity contribution is -0.133. The molecular weight excluding hydrogens is 340 g/mol. The molecule has 2 aliphatic rings. The molecule has 0 bridgehead atoms. The first-order chi connectivity index (χ1) is 11.6. The monoisotopic (exact) mass is 364 g/mol. The number of hydrogen-bond acceptors (Lipinski definition) is 4. The van der Waals surface area contributed by atoms with Gasteiger partial charge < -0.3 is 10.6 Å². The second kappa shape index (κ2) is 7.97. The minimum absolute atomic E-state index is 0. The standard InChI is InChI=1S/C18H24N4O2.ClH/c1-13(2)7-11-22-16(23)18(21-17(22)24,14-5-9-19-10-6-14)15-4-3-8-20-12-15;/h3-4,7-8,12,14,19H,5-6,9-11H2,1-2H3,(H,21,24);1H. The number of amides is 3. The third-order valence-corrected chi connectivity index (χ3v) is 4.88. The number of aromatic nitrogens is 1. The minimum Gasteiger partial charge on any atom is -0.319 e. The van der Waals surface area contributed by atoms with Crippen LogP contribution in [0.3, 0.4) is 0 Å². The van der Waals surface area contributed by atoms with Crippen LogP contribution in [0.5, 0.6) is 0 Å². The molecule has 0 aromatic carbocycles. The van der Waals surface area contributed by atoms with Crippen molar-refractivity contribution in [3.8, 4) is 0 Å². The van der Waals surface area contributed by atoms with E-state index in [9.17, 15) is 9.59 Å². The molecular formula is C18H25ClN4O2. The summed E-state index contributed by atoms with van der Waals surface area (Å²) in [6, 6.07) is 3.38. The van der Waals surface area contributed by atoms with Crippen molar-refractivity contribution in [2.24, 2.45) is 5.92 Å². The molecule has 3 amide bonds. The highest BCUT2D eigenvalue weighted by Gasteiger charge is 2.56. The zero-order valence-corrected chi connectivity index (χ0v) is 15.4. The quantitative estimate of drug-likeness (QED) is 0.634. The Balaban J connectivity index is 0.00000225. The number of nitrogens with one attached hydrogen (secondary N) is 2. The molecule has 136 valence electrons. The fourth-order valence-electron chi connectivity index (χ4n) is 3.59. The molecule has 2 N–H and O–H groups in total. The number of imide groups is 1. The second-order valence-corrected chi connectivity index (χ2v) is 6.70. The van der Waals surface area contributed by atoms with E-state index in [0.29, 0.717) is 6.54 Å². The smallest absolute Gasteiger partial charge is 0.319 e. The Morgan fingerprint density at radius 3 is 2.68 bits per heavy atom. The molecule has 1 aromatic rings. The fraction of sp³-hybridized carbons (Fsp3) is 0.500. The zero-order valence-electron chi connectivity index (χ0n) is 14.6. The average Bonchev–Trinajstić information content (AvgIpc) is 2.86. The number of urea groups is 1. The van der Waals surface area contributed by atoms with Gasteiger partial charge in [-0.15, -0.1) is 12.4 Å². The van der Waals surface area contributed by atoms with Gasteiger partial charge in [-0.1, -0.05) is 17.7 Å². The number of nitrogens with zero attached hydrogens (tertiary/aromatic N) is 2. The summed E-state index contributed by atoms with van der Waals surface area (Å²) in [5.41, 5.74) is 0.856. The van der Waals surface area contributed by atoms with E-state index in [-0.39, 0.29) is 30.3 Å². The normalized spacial score (nSPS) is 23.8. The summed E-state index contributed by atoms with van der Waals surface area (Å²) in [4.78, 5) is 31.4. The van der Waals surface area contributed by atoms with Gasteiger partial charge in [0.05, 0.1) is 0 Å². The molecule has 3 heterocycles. The lowest BCUT2D eigenvalue weighted by atomic mass is 9.74. The summed E-state index contributed by atoms with van der Waals surface area (Å²) in [6.07, 6.45) is 6.97. The van der Waals surface area contributed by atoms with E-state index >= 15 is 0 Å². The van der Waals surface area contributed by atoms with Crippen molar-refractivity contribution < 1.29 is 9.59 Å². The number of rotatable bonds is 4. The summed E-state index contributed by atoms with van der Waals surface area (Å²) in [6.45, 7) is 5.92. The van der Waals surface area contributed by atoms with Crippen LogP contribution >= 0.6 is 12.4 Å². The molecule has 3 rings (SSSR count). The largest absolute Gasteiger partial charge is 0.325 e. The highest BCUT2D eigenvalue weighted by molar-refractivity contribution is 6.07. The van der Waals surface area contributed by atoms with Crippen molar-refractivity contribution in [2.75, 3.05) is 19.6 Å². The maximum absolute atomic E-state index is 13.3.